The van der Waals surface area contributed by atoms with E-state index in [-0.39, 0.29) is 0 Å². The molecule has 0 N–H and O–H groups in total. The summed E-state index contributed by atoms with van der Waals surface area (Å²) in [6.07, 6.45) is 1.48. The fourth-order valence-corrected chi connectivity index (χ4v) is 1.53. The minimum atomic E-state index is -0.407. The highest BCUT2D eigenvalue weighted by atomic mass is 16.5. The van der Waals surface area contributed by atoms with Crippen molar-refractivity contribution >= 4 is 5.97 Å². The van der Waals surface area contributed by atoms with Gasteiger partial charge in [0.05, 0.1) is 18.9 Å². The van der Waals surface area contributed by atoms with Gasteiger partial charge in [-0.1, -0.05) is 29.8 Å². The lowest BCUT2D eigenvalue weighted by molar-refractivity contribution is 0.0601. The number of aromatic nitrogens is 2. The van der Waals surface area contributed by atoms with Crippen molar-refractivity contribution in [2.45, 2.75) is 6.92 Å². The Bertz CT molecular complexity index is 535. The molecule has 86 valence electrons. The average Bonchev–Trinajstić information content (AvgIpc) is 2.39. The Morgan fingerprint density at radius 2 is 1.88 bits per heavy atom. The summed E-state index contributed by atoms with van der Waals surface area (Å²) in [6.45, 7) is 2.00. The second-order valence-electron chi connectivity index (χ2n) is 3.65. The third kappa shape index (κ3) is 2.30. The number of methoxy groups -OCH3 is 1. The van der Waals surface area contributed by atoms with Crippen LogP contribution in [-0.2, 0) is 4.74 Å². The smallest absolute Gasteiger partial charge is 0.340 e. The molecule has 0 saturated carbocycles. The second-order valence-corrected chi connectivity index (χ2v) is 3.65. The number of aryl methyl sites for hydroxylation is 1. The Morgan fingerprint density at radius 1 is 1.18 bits per heavy atom. The van der Waals surface area contributed by atoms with Crippen LogP contribution in [0.2, 0.25) is 0 Å². The fourth-order valence-electron chi connectivity index (χ4n) is 1.53. The summed E-state index contributed by atoms with van der Waals surface area (Å²) in [7, 11) is 1.35. The van der Waals surface area contributed by atoms with Gasteiger partial charge in [0.15, 0.2) is 0 Å². The normalized spacial score (nSPS) is 10.0. The van der Waals surface area contributed by atoms with E-state index in [1.54, 1.807) is 6.07 Å². The maximum absolute atomic E-state index is 11.6. The minimum absolute atomic E-state index is 0.407. The van der Waals surface area contributed by atoms with Crippen molar-refractivity contribution in [3.63, 3.8) is 0 Å². The standard InChI is InChI=1S/C13H12N2O2/c1-9-3-5-10(6-4-9)12-11(13(16)17-2)7-8-14-15-12/h3-8H,1-2H3. The molecule has 0 spiro atoms. The first-order valence-electron chi connectivity index (χ1n) is 5.19. The van der Waals surface area contributed by atoms with E-state index in [0.717, 1.165) is 11.1 Å². The first-order chi connectivity index (χ1) is 8.22. The summed E-state index contributed by atoms with van der Waals surface area (Å²) in [6, 6.07) is 9.35. The average molecular weight is 228 g/mol. The Morgan fingerprint density at radius 3 is 2.53 bits per heavy atom. The van der Waals surface area contributed by atoms with Gasteiger partial charge in [-0.25, -0.2) is 4.79 Å². The quantitative estimate of drug-likeness (QED) is 0.740. The second kappa shape index (κ2) is 4.74. The molecule has 1 aromatic heterocycles. The van der Waals surface area contributed by atoms with Crippen LogP contribution in [0.15, 0.2) is 36.5 Å². The molecule has 2 rings (SSSR count). The van der Waals surface area contributed by atoms with Gasteiger partial charge in [0.2, 0.25) is 0 Å². The predicted molar refractivity (Wildman–Crippen MR) is 63.5 cm³/mol. The number of nitrogens with zero attached hydrogens (tertiary/aromatic N) is 2. The first-order valence-corrected chi connectivity index (χ1v) is 5.19. The molecule has 2 aromatic rings. The number of hydrogen-bond acceptors (Lipinski definition) is 4. The van der Waals surface area contributed by atoms with Gasteiger partial charge in [0.1, 0.15) is 5.69 Å². The van der Waals surface area contributed by atoms with Crippen molar-refractivity contribution < 1.29 is 9.53 Å². The zero-order valence-corrected chi connectivity index (χ0v) is 9.68. The SMILES string of the molecule is COC(=O)c1ccnnc1-c1ccc(C)cc1. The fraction of sp³-hybridized carbons (Fsp3) is 0.154. The number of hydrogen-bond donors (Lipinski definition) is 0. The molecule has 1 aromatic carbocycles. The highest BCUT2D eigenvalue weighted by molar-refractivity contribution is 5.95. The Kier molecular flexibility index (Phi) is 3.14. The van der Waals surface area contributed by atoms with Gasteiger partial charge in [-0.15, -0.1) is 5.10 Å². The molecule has 0 aliphatic carbocycles. The number of ether oxygens (including phenoxy) is 1. The topological polar surface area (TPSA) is 52.1 Å². The van der Waals surface area contributed by atoms with Gasteiger partial charge in [0.25, 0.3) is 0 Å². The highest BCUT2D eigenvalue weighted by Gasteiger charge is 2.14. The van der Waals surface area contributed by atoms with Crippen LogP contribution in [0.1, 0.15) is 15.9 Å². The zero-order valence-electron chi connectivity index (χ0n) is 9.68. The van der Waals surface area contributed by atoms with E-state index in [9.17, 15) is 4.79 Å². The summed E-state index contributed by atoms with van der Waals surface area (Å²) in [5.41, 5.74) is 2.96. The molecule has 0 amide bonds. The molecule has 0 bridgehead atoms. The molecule has 0 aliphatic rings. The molecule has 0 atom stereocenters. The number of benzene rings is 1. The van der Waals surface area contributed by atoms with E-state index in [1.807, 2.05) is 31.2 Å². The molecule has 0 fully saturated rings. The lowest BCUT2D eigenvalue weighted by atomic mass is 10.1. The van der Waals surface area contributed by atoms with Crippen molar-refractivity contribution in [3.05, 3.63) is 47.7 Å². The molecule has 1 heterocycles. The number of carbonyl (C=O) groups is 1. The van der Waals surface area contributed by atoms with Gasteiger partial charge in [-0.3, -0.25) is 0 Å². The maximum atomic E-state index is 11.6. The van der Waals surface area contributed by atoms with Crippen LogP contribution in [0.3, 0.4) is 0 Å². The zero-order chi connectivity index (χ0) is 12.3. The third-order valence-electron chi connectivity index (χ3n) is 2.45. The van der Waals surface area contributed by atoms with Crippen molar-refractivity contribution in [2.24, 2.45) is 0 Å². The van der Waals surface area contributed by atoms with Crippen LogP contribution in [0.25, 0.3) is 11.3 Å². The van der Waals surface area contributed by atoms with E-state index in [0.29, 0.717) is 11.3 Å². The van der Waals surface area contributed by atoms with Gasteiger partial charge >= 0.3 is 5.97 Å². The van der Waals surface area contributed by atoms with E-state index in [2.05, 4.69) is 10.2 Å². The number of esters is 1. The predicted octanol–water partition coefficient (Wildman–Crippen LogP) is 2.24. The van der Waals surface area contributed by atoms with Crippen LogP contribution in [-0.4, -0.2) is 23.3 Å². The van der Waals surface area contributed by atoms with E-state index < -0.39 is 5.97 Å². The lowest BCUT2D eigenvalue weighted by Gasteiger charge is -2.05. The van der Waals surface area contributed by atoms with Crippen molar-refractivity contribution in [1.82, 2.24) is 10.2 Å². The number of rotatable bonds is 2. The van der Waals surface area contributed by atoms with Crippen LogP contribution in [0, 0.1) is 6.92 Å². The third-order valence-corrected chi connectivity index (χ3v) is 2.45. The minimum Gasteiger partial charge on any atom is -0.465 e. The highest BCUT2D eigenvalue weighted by Crippen LogP contribution is 2.21. The van der Waals surface area contributed by atoms with Crippen molar-refractivity contribution in [3.8, 4) is 11.3 Å². The van der Waals surface area contributed by atoms with Gasteiger partial charge in [0, 0.05) is 5.56 Å². The molecular formula is C13H12N2O2. The van der Waals surface area contributed by atoms with Crippen molar-refractivity contribution in [1.29, 1.82) is 0 Å². The monoisotopic (exact) mass is 228 g/mol. The molecule has 17 heavy (non-hydrogen) atoms. The van der Waals surface area contributed by atoms with Crippen LogP contribution < -0.4 is 0 Å². The van der Waals surface area contributed by atoms with Crippen molar-refractivity contribution in [2.75, 3.05) is 7.11 Å². The van der Waals surface area contributed by atoms with Crippen LogP contribution in [0.4, 0.5) is 0 Å². The van der Waals surface area contributed by atoms with E-state index in [1.165, 1.54) is 13.3 Å². The van der Waals surface area contributed by atoms with Gasteiger partial charge < -0.3 is 4.74 Å². The number of carbonyl (C=O) groups excluding carboxylic acids is 1. The molecule has 0 saturated heterocycles. The molecule has 4 heteroatoms. The summed E-state index contributed by atoms with van der Waals surface area (Å²) < 4.78 is 4.72. The molecule has 0 aliphatic heterocycles. The first kappa shape index (κ1) is 11.3. The molecule has 0 radical (unpaired) electrons. The molecule has 4 nitrogen and oxygen atoms in total. The van der Waals surface area contributed by atoms with E-state index >= 15 is 0 Å². The summed E-state index contributed by atoms with van der Waals surface area (Å²) >= 11 is 0. The van der Waals surface area contributed by atoms with Gasteiger partial charge in [-0.05, 0) is 13.0 Å². The van der Waals surface area contributed by atoms with Gasteiger partial charge in [-0.2, -0.15) is 5.10 Å². The lowest BCUT2D eigenvalue weighted by Crippen LogP contribution is -2.05. The molecular weight excluding hydrogens is 216 g/mol. The van der Waals surface area contributed by atoms with E-state index in [4.69, 9.17) is 4.74 Å². The Labute approximate surface area is 99.3 Å². The van der Waals surface area contributed by atoms with Crippen LogP contribution >= 0.6 is 0 Å². The summed E-state index contributed by atoms with van der Waals surface area (Å²) in [5, 5.41) is 7.80. The molecule has 0 unspecified atom stereocenters. The van der Waals surface area contributed by atoms with Crippen LogP contribution in [0.5, 0.6) is 0 Å². The maximum Gasteiger partial charge on any atom is 0.340 e. The largest absolute Gasteiger partial charge is 0.465 e. The summed E-state index contributed by atoms with van der Waals surface area (Å²) in [4.78, 5) is 11.6. The summed E-state index contributed by atoms with van der Waals surface area (Å²) in [5.74, 6) is -0.407. The Balaban J connectivity index is 2.51. The Hall–Kier alpha value is -2.23.